The van der Waals surface area contributed by atoms with Crippen LogP contribution in [0.4, 0.5) is 17.1 Å². The Morgan fingerprint density at radius 2 is 1.07 bits per heavy atom. The molecule has 4 heteroatoms. The number of hydrogen-bond acceptors (Lipinski definition) is 4. The molecule has 1 aliphatic carbocycles. The van der Waals surface area contributed by atoms with Gasteiger partial charge in [0.1, 0.15) is 0 Å². The van der Waals surface area contributed by atoms with Gasteiger partial charge in [-0.2, -0.15) is 0 Å². The van der Waals surface area contributed by atoms with Gasteiger partial charge in [0.05, 0.1) is 11.4 Å². The predicted octanol–water partition coefficient (Wildman–Crippen LogP) is 11.1. The highest BCUT2D eigenvalue weighted by Gasteiger charge is 2.37. The molecule has 0 radical (unpaired) electrons. The lowest BCUT2D eigenvalue weighted by atomic mass is 9.82. The standard InChI is InChI=1S/C39H27NO3/c1-39(2)29-13-4-3-12-27(29)28-22-37-38(23-30(28)39)42-35-19-18-25(21-36(35)43-37)24-10-9-11-26(20-24)40-31-14-5-7-16-33(31)41-34-17-8-6-15-32(34)40/h3-23H,1-2H3. The summed E-state index contributed by atoms with van der Waals surface area (Å²) in [6.07, 6.45) is 0. The molecular formula is C39H27NO3. The van der Waals surface area contributed by atoms with E-state index in [1.807, 2.05) is 42.5 Å². The average molecular weight is 558 g/mol. The van der Waals surface area contributed by atoms with Gasteiger partial charge in [-0.25, -0.2) is 0 Å². The average Bonchev–Trinajstić information content (AvgIpc) is 3.26. The lowest BCUT2D eigenvalue weighted by Crippen LogP contribution is -2.15. The topological polar surface area (TPSA) is 30.9 Å². The molecule has 0 atom stereocenters. The quantitative estimate of drug-likeness (QED) is 0.212. The van der Waals surface area contributed by atoms with Gasteiger partial charge in [0.25, 0.3) is 0 Å². The second-order valence-corrected chi connectivity index (χ2v) is 11.8. The van der Waals surface area contributed by atoms with E-state index < -0.39 is 0 Å². The molecule has 9 rings (SSSR count). The molecule has 0 N–H and O–H groups in total. The monoisotopic (exact) mass is 557 g/mol. The van der Waals surface area contributed by atoms with Crippen LogP contribution in [-0.2, 0) is 5.41 Å². The van der Waals surface area contributed by atoms with Crippen LogP contribution in [0, 0.1) is 0 Å². The Hall–Kier alpha value is -5.48. The molecule has 6 aromatic carbocycles. The van der Waals surface area contributed by atoms with E-state index in [-0.39, 0.29) is 5.41 Å². The van der Waals surface area contributed by atoms with Crippen molar-refractivity contribution in [2.45, 2.75) is 19.3 Å². The Kier molecular flexibility index (Phi) is 4.92. The van der Waals surface area contributed by atoms with E-state index in [2.05, 4.69) is 104 Å². The molecule has 0 aromatic heterocycles. The molecule has 206 valence electrons. The lowest BCUT2D eigenvalue weighted by molar-refractivity contribution is 0.359. The maximum absolute atomic E-state index is 6.54. The summed E-state index contributed by atoms with van der Waals surface area (Å²) in [5, 5.41) is 0. The van der Waals surface area contributed by atoms with Crippen LogP contribution in [-0.4, -0.2) is 0 Å². The maximum atomic E-state index is 6.54. The van der Waals surface area contributed by atoms with E-state index in [0.717, 1.165) is 56.9 Å². The minimum absolute atomic E-state index is 0.0963. The van der Waals surface area contributed by atoms with Gasteiger partial charge in [0.15, 0.2) is 34.5 Å². The van der Waals surface area contributed by atoms with Crippen LogP contribution in [0.1, 0.15) is 25.0 Å². The highest BCUT2D eigenvalue weighted by molar-refractivity contribution is 5.88. The van der Waals surface area contributed by atoms with Crippen molar-refractivity contribution >= 4 is 17.1 Å². The zero-order valence-corrected chi connectivity index (χ0v) is 23.8. The van der Waals surface area contributed by atoms with Crippen LogP contribution < -0.4 is 19.1 Å². The Balaban J connectivity index is 1.09. The molecule has 3 aliphatic rings. The number of anilines is 3. The summed E-state index contributed by atoms with van der Waals surface area (Å²) in [4.78, 5) is 2.26. The highest BCUT2D eigenvalue weighted by Crippen LogP contribution is 2.55. The van der Waals surface area contributed by atoms with Crippen molar-refractivity contribution in [3.8, 4) is 56.8 Å². The molecule has 0 saturated carbocycles. The lowest BCUT2D eigenvalue weighted by Gasteiger charge is -2.33. The Bertz CT molecular complexity index is 2070. The van der Waals surface area contributed by atoms with E-state index in [0.29, 0.717) is 5.75 Å². The van der Waals surface area contributed by atoms with E-state index >= 15 is 0 Å². The summed E-state index contributed by atoms with van der Waals surface area (Å²) in [6, 6.07) is 44.0. The molecular weight excluding hydrogens is 530 g/mol. The van der Waals surface area contributed by atoms with E-state index in [9.17, 15) is 0 Å². The van der Waals surface area contributed by atoms with Crippen molar-refractivity contribution in [2.75, 3.05) is 4.90 Å². The maximum Gasteiger partial charge on any atom is 0.170 e. The molecule has 6 aromatic rings. The summed E-state index contributed by atoms with van der Waals surface area (Å²) < 4.78 is 19.2. The van der Waals surface area contributed by atoms with E-state index in [4.69, 9.17) is 14.2 Å². The second kappa shape index (κ2) is 8.76. The Morgan fingerprint density at radius 3 is 1.88 bits per heavy atom. The minimum atomic E-state index is -0.0963. The number of nitrogens with zero attached hydrogens (tertiary/aromatic N) is 1. The Morgan fingerprint density at radius 1 is 0.442 bits per heavy atom. The zero-order valence-electron chi connectivity index (χ0n) is 23.8. The van der Waals surface area contributed by atoms with Crippen molar-refractivity contribution in [3.63, 3.8) is 0 Å². The number of hydrogen-bond donors (Lipinski definition) is 0. The smallest absolute Gasteiger partial charge is 0.170 e. The molecule has 2 heterocycles. The molecule has 0 unspecified atom stereocenters. The molecule has 43 heavy (non-hydrogen) atoms. The van der Waals surface area contributed by atoms with Crippen LogP contribution in [0.25, 0.3) is 22.3 Å². The first kappa shape index (κ1) is 24.2. The second-order valence-electron chi connectivity index (χ2n) is 11.8. The van der Waals surface area contributed by atoms with Crippen molar-refractivity contribution in [1.29, 1.82) is 0 Å². The van der Waals surface area contributed by atoms with Gasteiger partial charge in [0, 0.05) is 11.1 Å². The fourth-order valence-corrected chi connectivity index (χ4v) is 6.76. The van der Waals surface area contributed by atoms with Gasteiger partial charge in [0.2, 0.25) is 0 Å². The third-order valence-corrected chi connectivity index (χ3v) is 8.90. The molecule has 0 bridgehead atoms. The van der Waals surface area contributed by atoms with Crippen LogP contribution in [0.15, 0.2) is 127 Å². The molecule has 4 nitrogen and oxygen atoms in total. The predicted molar refractivity (Wildman–Crippen MR) is 171 cm³/mol. The normalized spacial score (nSPS) is 14.5. The van der Waals surface area contributed by atoms with Gasteiger partial charge >= 0.3 is 0 Å². The van der Waals surface area contributed by atoms with Gasteiger partial charge in [-0.3, -0.25) is 0 Å². The summed E-state index contributed by atoms with van der Waals surface area (Å²) in [5.41, 5.74) is 10.2. The Labute approximate surface area is 250 Å². The fraction of sp³-hybridized carbons (Fsp3) is 0.0769. The summed E-state index contributed by atoms with van der Waals surface area (Å²) in [6.45, 7) is 4.55. The molecule has 0 amide bonds. The third kappa shape index (κ3) is 3.56. The molecule has 0 spiro atoms. The number of rotatable bonds is 2. The number of ether oxygens (including phenoxy) is 3. The highest BCUT2D eigenvalue weighted by atomic mass is 16.6. The van der Waals surface area contributed by atoms with Crippen LogP contribution in [0.5, 0.6) is 34.5 Å². The van der Waals surface area contributed by atoms with Gasteiger partial charge in [-0.05, 0) is 94.0 Å². The first-order valence-electron chi connectivity index (χ1n) is 14.6. The van der Waals surface area contributed by atoms with E-state index in [1.54, 1.807) is 0 Å². The minimum Gasteiger partial charge on any atom is -0.453 e. The van der Waals surface area contributed by atoms with Gasteiger partial charge < -0.3 is 19.1 Å². The SMILES string of the molecule is CC1(C)c2ccccc2-c2cc3c(cc21)Oc1ccc(-c2cccc(N4c5ccccc5Oc5ccccc54)c2)cc1O3. The zero-order chi connectivity index (χ0) is 28.7. The molecule has 2 aliphatic heterocycles. The molecule has 0 fully saturated rings. The van der Waals surface area contributed by atoms with Gasteiger partial charge in [-0.1, -0.05) is 80.6 Å². The summed E-state index contributed by atoms with van der Waals surface area (Å²) >= 11 is 0. The third-order valence-electron chi connectivity index (χ3n) is 8.90. The molecule has 0 saturated heterocycles. The van der Waals surface area contributed by atoms with Crippen LogP contribution in [0.2, 0.25) is 0 Å². The fourth-order valence-electron chi connectivity index (χ4n) is 6.76. The summed E-state index contributed by atoms with van der Waals surface area (Å²) in [7, 11) is 0. The van der Waals surface area contributed by atoms with Crippen molar-refractivity contribution < 1.29 is 14.2 Å². The van der Waals surface area contributed by atoms with Crippen LogP contribution in [0.3, 0.4) is 0 Å². The largest absolute Gasteiger partial charge is 0.453 e. The van der Waals surface area contributed by atoms with Crippen molar-refractivity contribution in [1.82, 2.24) is 0 Å². The van der Waals surface area contributed by atoms with E-state index in [1.165, 1.54) is 22.3 Å². The van der Waals surface area contributed by atoms with Crippen LogP contribution >= 0.6 is 0 Å². The van der Waals surface area contributed by atoms with Crippen molar-refractivity contribution in [2.24, 2.45) is 0 Å². The first-order chi connectivity index (χ1) is 21.0. The summed E-state index contributed by atoms with van der Waals surface area (Å²) in [5.74, 6) is 4.60. The van der Waals surface area contributed by atoms with Gasteiger partial charge in [-0.15, -0.1) is 0 Å². The number of fused-ring (bicyclic) bond motifs is 7. The number of benzene rings is 6. The number of para-hydroxylation sites is 4. The van der Waals surface area contributed by atoms with Crippen molar-refractivity contribution in [3.05, 3.63) is 139 Å². The first-order valence-corrected chi connectivity index (χ1v) is 14.6.